The highest BCUT2D eigenvalue weighted by Gasteiger charge is 2.17. The third-order valence-corrected chi connectivity index (χ3v) is 5.64. The molecule has 29 heavy (non-hydrogen) atoms. The van der Waals surface area contributed by atoms with Gasteiger partial charge in [0, 0.05) is 32.1 Å². The molecule has 0 aliphatic rings. The van der Waals surface area contributed by atoms with E-state index in [4.69, 9.17) is 11.6 Å². The number of pyridine rings is 2. The van der Waals surface area contributed by atoms with Crippen LogP contribution in [0.3, 0.4) is 0 Å². The highest BCUT2D eigenvalue weighted by atomic mass is 79.9. The maximum atomic E-state index is 13.0. The lowest BCUT2D eigenvalue weighted by atomic mass is 10.1. The summed E-state index contributed by atoms with van der Waals surface area (Å²) in [5.74, 6) is 0.0163. The number of fused-ring (bicyclic) bond motifs is 1. The van der Waals surface area contributed by atoms with E-state index in [0.717, 1.165) is 13.5 Å². The van der Waals surface area contributed by atoms with Gasteiger partial charge < -0.3 is 5.11 Å². The molecule has 0 atom stereocenters. The van der Waals surface area contributed by atoms with Gasteiger partial charge >= 0.3 is 0 Å². The number of hydrogen-bond donors (Lipinski definition) is 1. The van der Waals surface area contributed by atoms with Crippen molar-refractivity contribution in [3.05, 3.63) is 90.7 Å². The van der Waals surface area contributed by atoms with Crippen LogP contribution in [0.5, 0.6) is 5.88 Å². The average Bonchev–Trinajstić information content (AvgIpc) is 2.71. The molecule has 0 unspecified atom stereocenters. The molecule has 4 rings (SSSR count). The van der Waals surface area contributed by atoms with E-state index >= 15 is 0 Å². The van der Waals surface area contributed by atoms with E-state index in [-0.39, 0.29) is 17.3 Å². The summed E-state index contributed by atoms with van der Waals surface area (Å²) in [4.78, 5) is 21.7. The Labute approximate surface area is 187 Å². The number of aliphatic imine (C=N–C) groups is 1. The molecule has 8 heteroatoms. The van der Waals surface area contributed by atoms with Crippen molar-refractivity contribution in [2.75, 3.05) is 0 Å². The Bertz CT molecular complexity index is 1320. The Morgan fingerprint density at radius 2 is 1.83 bits per heavy atom. The Balaban J connectivity index is 1.97. The summed E-state index contributed by atoms with van der Waals surface area (Å²) in [6.45, 7) is 0. The number of rotatable bonds is 3. The van der Waals surface area contributed by atoms with E-state index < -0.39 is 0 Å². The zero-order valence-electron chi connectivity index (χ0n) is 14.7. The molecule has 1 N–H and O–H groups in total. The van der Waals surface area contributed by atoms with Gasteiger partial charge in [-0.1, -0.05) is 45.7 Å². The van der Waals surface area contributed by atoms with Crippen LogP contribution in [0.25, 0.3) is 16.6 Å². The first-order chi connectivity index (χ1) is 14.0. The fourth-order valence-electron chi connectivity index (χ4n) is 2.92. The molecule has 2 aromatic carbocycles. The van der Waals surface area contributed by atoms with Gasteiger partial charge in [-0.2, -0.15) is 0 Å². The first kappa shape index (κ1) is 19.8. The minimum atomic E-state index is -0.380. The molecule has 0 radical (unpaired) electrons. The first-order valence-corrected chi connectivity index (χ1v) is 10.4. The zero-order valence-corrected chi connectivity index (χ0v) is 18.6. The maximum Gasteiger partial charge on any atom is 0.267 e. The third-order valence-electron chi connectivity index (χ3n) is 4.29. The Morgan fingerprint density at radius 1 is 1.07 bits per heavy atom. The van der Waals surface area contributed by atoms with E-state index in [9.17, 15) is 9.90 Å². The SMILES string of the molecule is O=c1c2ccccc2c(C=Nc2ccc(Br)cc2Br)c(O)n1-c1ccc(Cl)cn1. The third kappa shape index (κ3) is 3.85. The van der Waals surface area contributed by atoms with Gasteiger partial charge in [-0.15, -0.1) is 0 Å². The van der Waals surface area contributed by atoms with Gasteiger partial charge in [-0.3, -0.25) is 9.79 Å². The number of halogens is 3. The van der Waals surface area contributed by atoms with Crippen LogP contribution in [0.2, 0.25) is 5.02 Å². The summed E-state index contributed by atoms with van der Waals surface area (Å²) < 4.78 is 2.86. The molecule has 0 aliphatic carbocycles. The summed E-state index contributed by atoms with van der Waals surface area (Å²) in [7, 11) is 0. The molecule has 0 amide bonds. The van der Waals surface area contributed by atoms with E-state index in [2.05, 4.69) is 41.8 Å². The summed E-state index contributed by atoms with van der Waals surface area (Å²) >= 11 is 12.8. The summed E-state index contributed by atoms with van der Waals surface area (Å²) in [6.07, 6.45) is 2.96. The molecular weight excluding hydrogens is 522 g/mol. The molecule has 0 fully saturated rings. The summed E-state index contributed by atoms with van der Waals surface area (Å²) in [5.41, 5.74) is 0.709. The number of benzene rings is 2. The van der Waals surface area contributed by atoms with Crippen LogP contribution in [0.4, 0.5) is 5.69 Å². The molecule has 144 valence electrons. The van der Waals surface area contributed by atoms with Gasteiger partial charge in [0.15, 0.2) is 0 Å². The van der Waals surface area contributed by atoms with Crippen LogP contribution < -0.4 is 5.56 Å². The number of aromatic nitrogens is 2. The van der Waals surface area contributed by atoms with Gasteiger partial charge in [0.25, 0.3) is 5.56 Å². The Morgan fingerprint density at radius 3 is 2.52 bits per heavy atom. The van der Waals surface area contributed by atoms with E-state index in [0.29, 0.717) is 27.0 Å². The van der Waals surface area contributed by atoms with Gasteiger partial charge in [0.2, 0.25) is 5.88 Å². The highest BCUT2D eigenvalue weighted by Crippen LogP contribution is 2.30. The molecule has 0 saturated heterocycles. The fourth-order valence-corrected chi connectivity index (χ4v) is 4.18. The van der Waals surface area contributed by atoms with Crippen molar-refractivity contribution < 1.29 is 5.11 Å². The van der Waals surface area contributed by atoms with Gasteiger partial charge in [-0.25, -0.2) is 9.55 Å². The zero-order chi connectivity index (χ0) is 20.5. The molecule has 2 aromatic heterocycles. The first-order valence-electron chi connectivity index (χ1n) is 8.43. The summed E-state index contributed by atoms with van der Waals surface area (Å²) in [5, 5.41) is 12.4. The Hall–Kier alpha value is -2.48. The molecule has 0 spiro atoms. The number of nitrogens with zero attached hydrogens (tertiary/aromatic N) is 3. The van der Waals surface area contributed by atoms with Crippen molar-refractivity contribution >= 4 is 66.1 Å². The average molecular weight is 534 g/mol. The van der Waals surface area contributed by atoms with Crippen molar-refractivity contribution in [3.63, 3.8) is 0 Å². The van der Waals surface area contributed by atoms with Crippen LogP contribution in [0.15, 0.2) is 79.5 Å². The van der Waals surface area contributed by atoms with Crippen molar-refractivity contribution in [2.45, 2.75) is 0 Å². The van der Waals surface area contributed by atoms with Crippen LogP contribution in [-0.2, 0) is 0 Å². The van der Waals surface area contributed by atoms with E-state index in [1.807, 2.05) is 18.2 Å². The highest BCUT2D eigenvalue weighted by molar-refractivity contribution is 9.11. The van der Waals surface area contributed by atoms with Crippen molar-refractivity contribution in [3.8, 4) is 11.7 Å². The van der Waals surface area contributed by atoms with Crippen molar-refractivity contribution in [1.29, 1.82) is 0 Å². The standard InChI is InChI=1S/C21H12Br2ClN3O2/c22-12-5-7-18(17(23)9-12)25-11-16-14-3-1-2-4-15(14)20(28)27(21(16)29)19-8-6-13(24)10-26-19/h1-11,29H. The smallest absolute Gasteiger partial charge is 0.267 e. The molecule has 0 aliphatic heterocycles. The minimum absolute atomic E-state index is 0.250. The Kier molecular flexibility index (Phi) is 5.54. The second kappa shape index (κ2) is 8.10. The lowest BCUT2D eigenvalue weighted by molar-refractivity contribution is 0.435. The van der Waals surface area contributed by atoms with Crippen LogP contribution >= 0.6 is 43.5 Å². The maximum absolute atomic E-state index is 13.0. The van der Waals surface area contributed by atoms with Gasteiger partial charge in [0.05, 0.1) is 16.3 Å². The van der Waals surface area contributed by atoms with Crippen molar-refractivity contribution in [2.24, 2.45) is 4.99 Å². The monoisotopic (exact) mass is 531 g/mol. The van der Waals surface area contributed by atoms with E-state index in [1.165, 1.54) is 12.4 Å². The van der Waals surface area contributed by atoms with Gasteiger partial charge in [0.1, 0.15) is 5.82 Å². The van der Waals surface area contributed by atoms with Crippen molar-refractivity contribution in [1.82, 2.24) is 9.55 Å². The predicted octanol–water partition coefficient (Wildman–Crippen LogP) is 6.02. The topological polar surface area (TPSA) is 67.5 Å². The molecule has 0 bridgehead atoms. The quantitative estimate of drug-likeness (QED) is 0.328. The second-order valence-electron chi connectivity index (χ2n) is 6.11. The normalized spacial score (nSPS) is 11.4. The number of aromatic hydroxyl groups is 1. The molecule has 0 saturated carbocycles. The molecular formula is C21H12Br2ClN3O2. The largest absolute Gasteiger partial charge is 0.494 e. The molecule has 2 heterocycles. The molecule has 4 aromatic rings. The van der Waals surface area contributed by atoms with Crippen LogP contribution in [0, 0.1) is 0 Å². The summed E-state index contributed by atoms with van der Waals surface area (Å²) in [6, 6.07) is 15.8. The lowest BCUT2D eigenvalue weighted by Crippen LogP contribution is -2.21. The van der Waals surface area contributed by atoms with Gasteiger partial charge in [-0.05, 0) is 52.3 Å². The predicted molar refractivity (Wildman–Crippen MR) is 123 cm³/mol. The van der Waals surface area contributed by atoms with Crippen LogP contribution in [0.1, 0.15) is 5.56 Å². The fraction of sp³-hybridized carbons (Fsp3) is 0. The van der Waals surface area contributed by atoms with Crippen LogP contribution in [-0.4, -0.2) is 20.9 Å². The minimum Gasteiger partial charge on any atom is -0.494 e. The lowest BCUT2D eigenvalue weighted by Gasteiger charge is -2.13. The van der Waals surface area contributed by atoms with E-state index in [1.54, 1.807) is 36.4 Å². The molecule has 5 nitrogen and oxygen atoms in total. The number of hydrogen-bond acceptors (Lipinski definition) is 4. The second-order valence-corrected chi connectivity index (χ2v) is 8.32.